The van der Waals surface area contributed by atoms with Crippen LogP contribution in [0.5, 0.6) is 0 Å². The number of nitrogens with zero attached hydrogens (tertiary/aromatic N) is 5. The van der Waals surface area contributed by atoms with Crippen LogP contribution in [0.15, 0.2) is 30.3 Å². The van der Waals surface area contributed by atoms with E-state index in [0.717, 1.165) is 37.3 Å². The Morgan fingerprint density at radius 1 is 1.36 bits per heavy atom. The van der Waals surface area contributed by atoms with Crippen molar-refractivity contribution in [2.24, 2.45) is 7.05 Å². The second-order valence-electron chi connectivity index (χ2n) is 6.16. The molecule has 0 N–H and O–H groups in total. The molecular formula is C18H23N5O2. The number of benzene rings is 1. The maximum Gasteiger partial charge on any atom is 0.330 e. The molecule has 0 aliphatic carbocycles. The van der Waals surface area contributed by atoms with Crippen molar-refractivity contribution in [2.45, 2.75) is 25.3 Å². The molecule has 3 rings (SSSR count). The van der Waals surface area contributed by atoms with Crippen molar-refractivity contribution < 1.29 is 9.53 Å². The SMILES string of the molecule is COC(=O)C=Cc1ccc(C2CCCN2CCc2nnn(C)n2)cc1. The fourth-order valence-electron chi connectivity index (χ4n) is 3.20. The van der Waals surface area contributed by atoms with E-state index >= 15 is 0 Å². The Labute approximate surface area is 147 Å². The van der Waals surface area contributed by atoms with Gasteiger partial charge in [0, 0.05) is 25.1 Å². The first-order chi connectivity index (χ1) is 12.2. The number of hydrogen-bond donors (Lipinski definition) is 0. The van der Waals surface area contributed by atoms with Crippen LogP contribution >= 0.6 is 0 Å². The van der Waals surface area contributed by atoms with Crippen LogP contribution < -0.4 is 0 Å². The molecule has 0 bridgehead atoms. The highest BCUT2D eigenvalue weighted by atomic mass is 16.5. The van der Waals surface area contributed by atoms with E-state index in [1.165, 1.54) is 30.0 Å². The molecule has 7 heteroatoms. The smallest absolute Gasteiger partial charge is 0.330 e. The van der Waals surface area contributed by atoms with Gasteiger partial charge in [-0.2, -0.15) is 4.80 Å². The van der Waals surface area contributed by atoms with Crippen LogP contribution in [-0.4, -0.2) is 51.3 Å². The van der Waals surface area contributed by atoms with Crippen molar-refractivity contribution in [3.8, 4) is 0 Å². The van der Waals surface area contributed by atoms with E-state index in [0.29, 0.717) is 6.04 Å². The van der Waals surface area contributed by atoms with Crippen LogP contribution in [-0.2, 0) is 23.0 Å². The standard InChI is InChI=1S/C18H23N5O2/c1-22-20-17(19-21-22)11-13-23-12-3-4-16(23)15-8-5-14(6-9-15)7-10-18(24)25-2/h5-10,16H,3-4,11-13H2,1-2H3. The van der Waals surface area contributed by atoms with Gasteiger partial charge in [0.15, 0.2) is 5.82 Å². The number of hydrogen-bond acceptors (Lipinski definition) is 6. The number of rotatable bonds is 6. The minimum Gasteiger partial charge on any atom is -0.466 e. The van der Waals surface area contributed by atoms with Gasteiger partial charge in [-0.15, -0.1) is 10.2 Å². The fourth-order valence-corrected chi connectivity index (χ4v) is 3.20. The summed E-state index contributed by atoms with van der Waals surface area (Å²) in [6.45, 7) is 2.02. The van der Waals surface area contributed by atoms with E-state index in [1.807, 2.05) is 12.1 Å². The van der Waals surface area contributed by atoms with Gasteiger partial charge in [-0.3, -0.25) is 4.90 Å². The Bertz CT molecular complexity index is 738. The zero-order chi connectivity index (χ0) is 17.6. The summed E-state index contributed by atoms with van der Waals surface area (Å²) in [5.74, 6) is 0.445. The van der Waals surface area contributed by atoms with Crippen molar-refractivity contribution in [3.05, 3.63) is 47.3 Å². The molecule has 1 aromatic carbocycles. The molecule has 1 fully saturated rings. The van der Waals surface area contributed by atoms with Gasteiger partial charge >= 0.3 is 5.97 Å². The minimum atomic E-state index is -0.344. The lowest BCUT2D eigenvalue weighted by molar-refractivity contribution is -0.134. The minimum absolute atomic E-state index is 0.344. The van der Waals surface area contributed by atoms with E-state index in [9.17, 15) is 4.79 Å². The van der Waals surface area contributed by atoms with Crippen molar-refractivity contribution >= 4 is 12.0 Å². The second kappa shape index (κ2) is 8.02. The molecule has 1 atom stereocenters. The zero-order valence-corrected chi connectivity index (χ0v) is 14.6. The number of tetrazole rings is 1. The second-order valence-corrected chi connectivity index (χ2v) is 6.16. The van der Waals surface area contributed by atoms with Gasteiger partial charge in [0.2, 0.25) is 0 Å². The third-order valence-corrected chi connectivity index (χ3v) is 4.47. The number of aryl methyl sites for hydroxylation is 1. The maximum absolute atomic E-state index is 11.2. The molecule has 0 saturated carbocycles. The maximum atomic E-state index is 11.2. The van der Waals surface area contributed by atoms with Crippen molar-refractivity contribution in [1.82, 2.24) is 25.1 Å². The Balaban J connectivity index is 1.61. The number of carbonyl (C=O) groups is 1. The van der Waals surface area contributed by atoms with Gasteiger partial charge in [-0.1, -0.05) is 24.3 Å². The lowest BCUT2D eigenvalue weighted by Gasteiger charge is -2.24. The molecule has 2 heterocycles. The van der Waals surface area contributed by atoms with E-state index in [4.69, 9.17) is 0 Å². The van der Waals surface area contributed by atoms with E-state index in [-0.39, 0.29) is 5.97 Å². The molecule has 0 amide bonds. The summed E-state index contributed by atoms with van der Waals surface area (Å²) in [5, 5.41) is 12.2. The third-order valence-electron chi connectivity index (χ3n) is 4.47. The highest BCUT2D eigenvalue weighted by Gasteiger charge is 2.25. The van der Waals surface area contributed by atoms with Gasteiger partial charge in [0.1, 0.15) is 0 Å². The number of aromatic nitrogens is 4. The van der Waals surface area contributed by atoms with Crippen LogP contribution in [0.3, 0.4) is 0 Å². The highest BCUT2D eigenvalue weighted by molar-refractivity contribution is 5.86. The molecule has 25 heavy (non-hydrogen) atoms. The van der Waals surface area contributed by atoms with Crippen LogP contribution in [0.4, 0.5) is 0 Å². The summed E-state index contributed by atoms with van der Waals surface area (Å²) >= 11 is 0. The number of carbonyl (C=O) groups excluding carboxylic acids is 1. The first-order valence-electron chi connectivity index (χ1n) is 8.48. The molecule has 0 radical (unpaired) electrons. The molecule has 1 unspecified atom stereocenters. The first-order valence-corrected chi connectivity index (χ1v) is 8.48. The van der Waals surface area contributed by atoms with E-state index in [2.05, 4.69) is 37.2 Å². The lowest BCUT2D eigenvalue weighted by atomic mass is 10.0. The molecule has 1 aliphatic heterocycles. The Morgan fingerprint density at radius 3 is 2.84 bits per heavy atom. The quantitative estimate of drug-likeness (QED) is 0.589. The summed E-state index contributed by atoms with van der Waals surface area (Å²) in [6, 6.07) is 8.78. The van der Waals surface area contributed by atoms with Crippen LogP contribution in [0.25, 0.3) is 6.08 Å². The first kappa shape index (κ1) is 17.3. The molecule has 1 saturated heterocycles. The van der Waals surface area contributed by atoms with Gasteiger partial charge in [0.25, 0.3) is 0 Å². The molecule has 0 spiro atoms. The Hall–Kier alpha value is -2.54. The fraction of sp³-hybridized carbons (Fsp3) is 0.444. The third kappa shape index (κ3) is 4.51. The average Bonchev–Trinajstić information content (AvgIpc) is 3.27. The summed E-state index contributed by atoms with van der Waals surface area (Å²) in [6.07, 6.45) is 6.37. The number of esters is 1. The van der Waals surface area contributed by atoms with E-state index in [1.54, 1.807) is 13.1 Å². The summed E-state index contributed by atoms with van der Waals surface area (Å²) in [7, 11) is 3.16. The van der Waals surface area contributed by atoms with E-state index < -0.39 is 0 Å². The highest BCUT2D eigenvalue weighted by Crippen LogP contribution is 2.32. The summed E-state index contributed by atoms with van der Waals surface area (Å²) in [5.41, 5.74) is 2.29. The number of ether oxygens (including phenoxy) is 1. The Morgan fingerprint density at radius 2 is 2.16 bits per heavy atom. The predicted octanol–water partition coefficient (Wildman–Crippen LogP) is 1.78. The normalized spacial score (nSPS) is 18.1. The number of methoxy groups -OCH3 is 1. The van der Waals surface area contributed by atoms with Crippen molar-refractivity contribution in [2.75, 3.05) is 20.2 Å². The van der Waals surface area contributed by atoms with Gasteiger partial charge < -0.3 is 4.74 Å². The molecule has 7 nitrogen and oxygen atoms in total. The summed E-state index contributed by atoms with van der Waals surface area (Å²) < 4.78 is 4.61. The summed E-state index contributed by atoms with van der Waals surface area (Å²) in [4.78, 5) is 15.1. The van der Waals surface area contributed by atoms with Crippen molar-refractivity contribution in [1.29, 1.82) is 0 Å². The molecule has 1 aliphatic rings. The lowest BCUT2D eigenvalue weighted by Crippen LogP contribution is -2.26. The molecule has 1 aromatic heterocycles. The van der Waals surface area contributed by atoms with Crippen molar-refractivity contribution in [3.63, 3.8) is 0 Å². The average molecular weight is 341 g/mol. The molecule has 2 aromatic rings. The number of likely N-dealkylation sites (tertiary alicyclic amines) is 1. The predicted molar refractivity (Wildman–Crippen MR) is 93.5 cm³/mol. The topological polar surface area (TPSA) is 73.1 Å². The largest absolute Gasteiger partial charge is 0.466 e. The monoisotopic (exact) mass is 341 g/mol. The van der Waals surface area contributed by atoms with Gasteiger partial charge in [0.05, 0.1) is 14.2 Å². The Kier molecular flexibility index (Phi) is 5.55. The van der Waals surface area contributed by atoms with Crippen LogP contribution in [0.2, 0.25) is 0 Å². The van der Waals surface area contributed by atoms with Gasteiger partial charge in [-0.05, 0) is 41.8 Å². The molecular weight excluding hydrogens is 318 g/mol. The van der Waals surface area contributed by atoms with Crippen LogP contribution in [0, 0.1) is 0 Å². The van der Waals surface area contributed by atoms with Crippen LogP contribution in [0.1, 0.15) is 35.8 Å². The van der Waals surface area contributed by atoms with Gasteiger partial charge in [-0.25, -0.2) is 4.79 Å². The molecule has 132 valence electrons. The zero-order valence-electron chi connectivity index (χ0n) is 14.6.